The molecule has 29 heavy (non-hydrogen) atoms. The predicted octanol–water partition coefficient (Wildman–Crippen LogP) is 2.54. The van der Waals surface area contributed by atoms with Gasteiger partial charge in [0.2, 0.25) is 0 Å². The number of carbonyl (C=O) groups excluding carboxylic acids is 3. The second-order valence-electron chi connectivity index (χ2n) is 6.07. The van der Waals surface area contributed by atoms with Crippen LogP contribution in [0.3, 0.4) is 0 Å². The minimum atomic E-state index is -1.13. The van der Waals surface area contributed by atoms with Crippen molar-refractivity contribution in [3.05, 3.63) is 28.7 Å². The van der Waals surface area contributed by atoms with Crippen molar-refractivity contribution >= 4 is 40.9 Å². The Labute approximate surface area is 171 Å². The topological polar surface area (TPSA) is 119 Å². The molecule has 1 aliphatic rings. The van der Waals surface area contributed by atoms with Crippen LogP contribution in [0.25, 0.3) is 6.08 Å². The van der Waals surface area contributed by atoms with Crippen molar-refractivity contribution in [3.63, 3.8) is 0 Å². The van der Waals surface area contributed by atoms with Crippen LogP contribution in [0, 0.1) is 0 Å². The van der Waals surface area contributed by atoms with E-state index in [4.69, 9.17) is 19.3 Å². The van der Waals surface area contributed by atoms with E-state index in [2.05, 4.69) is 0 Å². The Kier molecular flexibility index (Phi) is 7.66. The molecule has 0 unspecified atom stereocenters. The number of nitrogens with zero attached hydrogens (tertiary/aromatic N) is 1. The molecule has 1 aliphatic heterocycles. The van der Waals surface area contributed by atoms with E-state index < -0.39 is 36.2 Å². The number of hydrogen-bond acceptors (Lipinski definition) is 8. The number of esters is 1. The van der Waals surface area contributed by atoms with Crippen LogP contribution in [0.5, 0.6) is 11.5 Å². The van der Waals surface area contributed by atoms with E-state index in [9.17, 15) is 19.2 Å². The van der Waals surface area contributed by atoms with Gasteiger partial charge in [0, 0.05) is 0 Å². The third-order valence-corrected chi connectivity index (χ3v) is 4.81. The highest BCUT2D eigenvalue weighted by molar-refractivity contribution is 8.18. The third kappa shape index (κ3) is 5.98. The molecular formula is C19H21NO8S. The van der Waals surface area contributed by atoms with Crippen LogP contribution in [0.2, 0.25) is 0 Å². The predicted molar refractivity (Wildman–Crippen MR) is 105 cm³/mol. The highest BCUT2D eigenvalue weighted by atomic mass is 32.2. The molecule has 0 saturated carbocycles. The summed E-state index contributed by atoms with van der Waals surface area (Å²) in [6.07, 6.45) is 1.81. The minimum absolute atomic E-state index is 0.146. The van der Waals surface area contributed by atoms with Crippen molar-refractivity contribution in [2.45, 2.75) is 26.4 Å². The molecule has 1 N–H and O–H groups in total. The second-order valence-corrected chi connectivity index (χ2v) is 7.06. The SMILES string of the molecule is CC[C@H](C)OC(=O)CN1C(=O)S/C(=C/c2ccc(OCC(=O)O)c(OC)c2)C1=O. The Morgan fingerprint density at radius 2 is 2.00 bits per heavy atom. The first-order valence-corrected chi connectivity index (χ1v) is 9.54. The molecule has 1 atom stereocenters. The van der Waals surface area contributed by atoms with Gasteiger partial charge < -0.3 is 19.3 Å². The summed E-state index contributed by atoms with van der Waals surface area (Å²) in [6.45, 7) is 2.61. The summed E-state index contributed by atoms with van der Waals surface area (Å²) in [7, 11) is 1.39. The number of carbonyl (C=O) groups is 4. The Balaban J connectivity index is 2.14. The van der Waals surface area contributed by atoms with Crippen LogP contribution in [-0.4, -0.2) is 59.5 Å². The number of methoxy groups -OCH3 is 1. The maximum Gasteiger partial charge on any atom is 0.341 e. The van der Waals surface area contributed by atoms with Gasteiger partial charge in [-0.3, -0.25) is 19.3 Å². The van der Waals surface area contributed by atoms with Crippen molar-refractivity contribution in [1.82, 2.24) is 4.90 Å². The van der Waals surface area contributed by atoms with Crippen LogP contribution in [0.1, 0.15) is 25.8 Å². The van der Waals surface area contributed by atoms with E-state index in [0.29, 0.717) is 23.7 Å². The molecular weight excluding hydrogens is 402 g/mol. The smallest absolute Gasteiger partial charge is 0.341 e. The molecule has 1 aromatic rings. The molecule has 0 aromatic heterocycles. The van der Waals surface area contributed by atoms with E-state index in [1.54, 1.807) is 19.1 Å². The minimum Gasteiger partial charge on any atom is -0.493 e. The third-order valence-electron chi connectivity index (χ3n) is 3.90. The van der Waals surface area contributed by atoms with Crippen LogP contribution >= 0.6 is 11.8 Å². The lowest BCUT2D eigenvalue weighted by Gasteiger charge is -2.14. The number of thioether (sulfide) groups is 1. The van der Waals surface area contributed by atoms with Gasteiger partial charge in [0.1, 0.15) is 6.54 Å². The Morgan fingerprint density at radius 1 is 1.28 bits per heavy atom. The number of carboxylic acid groups (broad SMARTS) is 1. The van der Waals surface area contributed by atoms with Gasteiger partial charge in [0.15, 0.2) is 18.1 Å². The Morgan fingerprint density at radius 3 is 2.62 bits per heavy atom. The average Bonchev–Trinajstić information content (AvgIpc) is 2.93. The summed E-state index contributed by atoms with van der Waals surface area (Å²) in [4.78, 5) is 48.1. The molecule has 2 amide bonds. The zero-order valence-corrected chi connectivity index (χ0v) is 17.0. The molecule has 0 radical (unpaired) electrons. The van der Waals surface area contributed by atoms with Gasteiger partial charge in [-0.05, 0) is 48.9 Å². The van der Waals surface area contributed by atoms with Gasteiger partial charge in [-0.25, -0.2) is 4.79 Å². The van der Waals surface area contributed by atoms with Crippen molar-refractivity contribution in [2.24, 2.45) is 0 Å². The maximum absolute atomic E-state index is 12.5. The lowest BCUT2D eigenvalue weighted by atomic mass is 10.2. The van der Waals surface area contributed by atoms with Gasteiger partial charge in [-0.15, -0.1) is 0 Å². The molecule has 9 nitrogen and oxygen atoms in total. The standard InChI is InChI=1S/C19H21NO8S/c1-4-11(2)28-17(23)9-20-18(24)15(29-19(20)25)8-12-5-6-13(14(7-12)26-3)27-10-16(21)22/h5-8,11H,4,9-10H2,1-3H3,(H,21,22)/b15-8+/t11-/m0/s1. The molecule has 1 saturated heterocycles. The molecule has 0 aliphatic carbocycles. The molecule has 0 bridgehead atoms. The monoisotopic (exact) mass is 423 g/mol. The molecule has 10 heteroatoms. The van der Waals surface area contributed by atoms with Crippen LogP contribution < -0.4 is 9.47 Å². The van der Waals surface area contributed by atoms with Crippen LogP contribution in [0.4, 0.5) is 4.79 Å². The van der Waals surface area contributed by atoms with E-state index in [0.717, 1.165) is 4.90 Å². The number of rotatable bonds is 9. The summed E-state index contributed by atoms with van der Waals surface area (Å²) in [5.41, 5.74) is 0.539. The van der Waals surface area contributed by atoms with Gasteiger partial charge in [0.25, 0.3) is 11.1 Å². The van der Waals surface area contributed by atoms with E-state index >= 15 is 0 Å². The molecule has 1 aromatic carbocycles. The summed E-state index contributed by atoms with van der Waals surface area (Å²) < 4.78 is 15.4. The summed E-state index contributed by atoms with van der Waals surface area (Å²) >= 11 is 0.716. The number of carboxylic acids is 1. The quantitative estimate of drug-likeness (QED) is 0.472. The molecule has 1 heterocycles. The number of ether oxygens (including phenoxy) is 3. The molecule has 1 fully saturated rings. The second kappa shape index (κ2) is 9.97. The van der Waals surface area contributed by atoms with Crippen LogP contribution in [-0.2, 0) is 19.1 Å². The fraction of sp³-hybridized carbons (Fsp3) is 0.368. The first-order valence-electron chi connectivity index (χ1n) is 8.72. The number of aliphatic carboxylic acids is 1. The number of imide groups is 1. The van der Waals surface area contributed by atoms with Crippen molar-refractivity contribution in [2.75, 3.05) is 20.3 Å². The highest BCUT2D eigenvalue weighted by Gasteiger charge is 2.36. The fourth-order valence-corrected chi connectivity index (χ4v) is 3.13. The average molecular weight is 423 g/mol. The number of hydrogen-bond donors (Lipinski definition) is 1. The van der Waals surface area contributed by atoms with Gasteiger partial charge in [-0.2, -0.15) is 0 Å². The first kappa shape index (κ1) is 22.3. The van der Waals surface area contributed by atoms with Crippen LogP contribution in [0.15, 0.2) is 23.1 Å². The molecule has 2 rings (SSSR count). The van der Waals surface area contributed by atoms with Crippen molar-refractivity contribution in [1.29, 1.82) is 0 Å². The van der Waals surface area contributed by atoms with Gasteiger partial charge in [0.05, 0.1) is 18.1 Å². The molecule has 0 spiro atoms. The lowest BCUT2D eigenvalue weighted by molar-refractivity contribution is -0.150. The van der Waals surface area contributed by atoms with E-state index in [1.165, 1.54) is 19.3 Å². The lowest BCUT2D eigenvalue weighted by Crippen LogP contribution is -2.35. The van der Waals surface area contributed by atoms with E-state index in [-0.39, 0.29) is 22.5 Å². The van der Waals surface area contributed by atoms with Gasteiger partial charge >= 0.3 is 11.9 Å². The maximum atomic E-state index is 12.5. The number of benzene rings is 1. The largest absolute Gasteiger partial charge is 0.493 e. The Bertz CT molecular complexity index is 851. The fourth-order valence-electron chi connectivity index (χ4n) is 2.29. The zero-order valence-electron chi connectivity index (χ0n) is 16.2. The first-order chi connectivity index (χ1) is 13.7. The number of amides is 2. The van der Waals surface area contributed by atoms with E-state index in [1.807, 2.05) is 6.92 Å². The zero-order chi connectivity index (χ0) is 21.6. The highest BCUT2D eigenvalue weighted by Crippen LogP contribution is 2.34. The summed E-state index contributed by atoms with van der Waals surface area (Å²) in [5, 5.41) is 8.14. The summed E-state index contributed by atoms with van der Waals surface area (Å²) in [6, 6.07) is 4.63. The van der Waals surface area contributed by atoms with Gasteiger partial charge in [-0.1, -0.05) is 13.0 Å². The Hall–Kier alpha value is -3.01. The normalized spacial score (nSPS) is 16.1. The van der Waals surface area contributed by atoms with Crippen molar-refractivity contribution < 1.29 is 38.5 Å². The summed E-state index contributed by atoms with van der Waals surface area (Å²) in [5.74, 6) is -1.86. The van der Waals surface area contributed by atoms with Crippen molar-refractivity contribution in [3.8, 4) is 11.5 Å². The molecule has 156 valence electrons.